The van der Waals surface area contributed by atoms with Crippen LogP contribution in [0, 0.1) is 6.92 Å². The van der Waals surface area contributed by atoms with Crippen molar-refractivity contribution in [3.05, 3.63) is 65.5 Å². The second kappa shape index (κ2) is 12.8. The van der Waals surface area contributed by atoms with Gasteiger partial charge in [-0.25, -0.2) is 0 Å². The molecule has 158 valence electrons. The first-order chi connectivity index (χ1) is 13.8. The first kappa shape index (κ1) is 23.6. The molecule has 1 unspecified atom stereocenters. The van der Waals surface area contributed by atoms with E-state index in [9.17, 15) is 0 Å². The van der Waals surface area contributed by atoms with E-state index < -0.39 is 0 Å². The van der Waals surface area contributed by atoms with Crippen molar-refractivity contribution in [2.75, 3.05) is 32.7 Å². The number of guanidine groups is 1. The first-order valence-corrected chi connectivity index (χ1v) is 10.5. The standard InChI is InChI=1S/C23H33N5.HI/c1-3-24-23(26-15-13-21-8-4-5-14-25-21)27-18-22(28-16-6-7-17-28)20-11-9-19(2)10-12-20;/h4-5,8-12,14,22H,3,6-7,13,15-18H2,1-2H3,(H2,24,26,27);1H. The highest BCUT2D eigenvalue weighted by molar-refractivity contribution is 14.0. The number of rotatable bonds is 8. The van der Waals surface area contributed by atoms with Gasteiger partial charge in [0.05, 0.1) is 12.6 Å². The Morgan fingerprint density at radius 3 is 2.52 bits per heavy atom. The predicted molar refractivity (Wildman–Crippen MR) is 132 cm³/mol. The zero-order valence-corrected chi connectivity index (χ0v) is 19.9. The van der Waals surface area contributed by atoms with Gasteiger partial charge in [0.15, 0.2) is 5.96 Å². The Kier molecular flexibility index (Phi) is 10.4. The van der Waals surface area contributed by atoms with Crippen LogP contribution >= 0.6 is 24.0 Å². The van der Waals surface area contributed by atoms with Crippen molar-refractivity contribution in [3.8, 4) is 0 Å². The molecule has 2 heterocycles. The normalized spacial score (nSPS) is 15.6. The number of nitrogens with zero attached hydrogens (tertiary/aromatic N) is 3. The number of pyridine rings is 1. The van der Waals surface area contributed by atoms with Crippen LogP contribution in [-0.4, -0.2) is 48.6 Å². The number of likely N-dealkylation sites (tertiary alicyclic amines) is 1. The van der Waals surface area contributed by atoms with E-state index in [-0.39, 0.29) is 24.0 Å². The van der Waals surface area contributed by atoms with E-state index in [2.05, 4.69) is 64.7 Å². The summed E-state index contributed by atoms with van der Waals surface area (Å²) in [7, 11) is 0. The molecule has 29 heavy (non-hydrogen) atoms. The molecule has 1 aromatic heterocycles. The van der Waals surface area contributed by atoms with Crippen LogP contribution in [0.15, 0.2) is 53.7 Å². The number of aliphatic imine (C=N–C) groups is 1. The second-order valence-electron chi connectivity index (χ2n) is 7.39. The summed E-state index contributed by atoms with van der Waals surface area (Å²) in [6.07, 6.45) is 5.30. The van der Waals surface area contributed by atoms with E-state index in [0.717, 1.165) is 50.8 Å². The number of aromatic nitrogens is 1. The Hall–Kier alpha value is -1.67. The Morgan fingerprint density at radius 2 is 1.86 bits per heavy atom. The third-order valence-corrected chi connectivity index (χ3v) is 5.21. The van der Waals surface area contributed by atoms with Crippen molar-refractivity contribution in [3.63, 3.8) is 0 Å². The minimum absolute atomic E-state index is 0. The number of hydrogen-bond donors (Lipinski definition) is 2. The summed E-state index contributed by atoms with van der Waals surface area (Å²) in [5.74, 6) is 0.884. The number of aryl methyl sites for hydroxylation is 1. The van der Waals surface area contributed by atoms with E-state index in [1.807, 2.05) is 18.3 Å². The van der Waals surface area contributed by atoms with Gasteiger partial charge < -0.3 is 10.6 Å². The quantitative estimate of drug-likeness (QED) is 0.323. The van der Waals surface area contributed by atoms with Crippen molar-refractivity contribution in [1.82, 2.24) is 20.5 Å². The average Bonchev–Trinajstić information content (AvgIpc) is 3.25. The third kappa shape index (κ3) is 7.59. The van der Waals surface area contributed by atoms with Gasteiger partial charge in [0, 0.05) is 31.4 Å². The average molecular weight is 507 g/mol. The molecule has 0 amide bonds. The number of nitrogens with one attached hydrogen (secondary N) is 2. The molecule has 1 atom stereocenters. The maximum atomic E-state index is 4.92. The largest absolute Gasteiger partial charge is 0.357 e. The fraction of sp³-hybridized carbons (Fsp3) is 0.478. The minimum atomic E-state index is 0. The smallest absolute Gasteiger partial charge is 0.191 e. The molecule has 1 saturated heterocycles. The van der Waals surface area contributed by atoms with Gasteiger partial charge in [-0.3, -0.25) is 14.9 Å². The van der Waals surface area contributed by atoms with Gasteiger partial charge in [-0.15, -0.1) is 24.0 Å². The summed E-state index contributed by atoms with van der Waals surface area (Å²) in [6, 6.07) is 15.3. The molecule has 1 aliphatic heterocycles. The maximum absolute atomic E-state index is 4.92. The number of benzene rings is 1. The molecule has 0 aliphatic carbocycles. The van der Waals surface area contributed by atoms with Crippen LogP contribution in [0.25, 0.3) is 0 Å². The van der Waals surface area contributed by atoms with Gasteiger partial charge in [0.1, 0.15) is 0 Å². The minimum Gasteiger partial charge on any atom is -0.357 e. The molecule has 2 aromatic rings. The SMILES string of the molecule is CCNC(=NCC(c1ccc(C)cc1)N1CCCC1)NCCc1ccccn1.I. The lowest BCUT2D eigenvalue weighted by atomic mass is 10.0. The predicted octanol–water partition coefficient (Wildman–Crippen LogP) is 3.94. The Bertz CT molecular complexity index is 727. The Morgan fingerprint density at radius 1 is 1.10 bits per heavy atom. The molecule has 5 nitrogen and oxygen atoms in total. The number of hydrogen-bond acceptors (Lipinski definition) is 3. The molecular weight excluding hydrogens is 473 g/mol. The van der Waals surface area contributed by atoms with E-state index in [1.165, 1.54) is 24.0 Å². The van der Waals surface area contributed by atoms with Crippen molar-refractivity contribution < 1.29 is 0 Å². The summed E-state index contributed by atoms with van der Waals surface area (Å²) in [5, 5.41) is 6.83. The van der Waals surface area contributed by atoms with E-state index in [4.69, 9.17) is 4.99 Å². The van der Waals surface area contributed by atoms with Crippen LogP contribution in [0.3, 0.4) is 0 Å². The molecule has 0 bridgehead atoms. The fourth-order valence-corrected chi connectivity index (χ4v) is 3.65. The van der Waals surface area contributed by atoms with Gasteiger partial charge in [0.25, 0.3) is 0 Å². The molecule has 0 spiro atoms. The zero-order valence-electron chi connectivity index (χ0n) is 17.6. The van der Waals surface area contributed by atoms with Crippen molar-refractivity contribution in [1.29, 1.82) is 0 Å². The lowest BCUT2D eigenvalue weighted by molar-refractivity contribution is 0.251. The summed E-state index contributed by atoms with van der Waals surface area (Å²) < 4.78 is 0. The molecule has 1 fully saturated rings. The van der Waals surface area contributed by atoms with Crippen LogP contribution < -0.4 is 10.6 Å². The van der Waals surface area contributed by atoms with Crippen molar-refractivity contribution in [2.45, 2.75) is 39.2 Å². The summed E-state index contributed by atoms with van der Waals surface area (Å²) in [6.45, 7) is 9.02. The Balaban J connectivity index is 0.00000300. The van der Waals surface area contributed by atoms with Crippen LogP contribution in [0.5, 0.6) is 0 Å². The lowest BCUT2D eigenvalue weighted by Crippen LogP contribution is -2.39. The first-order valence-electron chi connectivity index (χ1n) is 10.5. The Labute approximate surface area is 192 Å². The van der Waals surface area contributed by atoms with Gasteiger partial charge >= 0.3 is 0 Å². The van der Waals surface area contributed by atoms with E-state index in [0.29, 0.717) is 6.04 Å². The molecule has 1 aliphatic rings. The highest BCUT2D eigenvalue weighted by Crippen LogP contribution is 2.25. The monoisotopic (exact) mass is 507 g/mol. The maximum Gasteiger partial charge on any atom is 0.191 e. The second-order valence-corrected chi connectivity index (χ2v) is 7.39. The van der Waals surface area contributed by atoms with Gasteiger partial charge in [-0.2, -0.15) is 0 Å². The van der Waals surface area contributed by atoms with Gasteiger partial charge in [-0.1, -0.05) is 35.9 Å². The van der Waals surface area contributed by atoms with Crippen LogP contribution in [-0.2, 0) is 6.42 Å². The molecule has 0 saturated carbocycles. The van der Waals surface area contributed by atoms with Crippen molar-refractivity contribution >= 4 is 29.9 Å². The highest BCUT2D eigenvalue weighted by atomic mass is 127. The fourth-order valence-electron chi connectivity index (χ4n) is 3.65. The molecule has 2 N–H and O–H groups in total. The van der Waals surface area contributed by atoms with E-state index in [1.54, 1.807) is 0 Å². The molecule has 1 aromatic carbocycles. The van der Waals surface area contributed by atoms with E-state index >= 15 is 0 Å². The third-order valence-electron chi connectivity index (χ3n) is 5.21. The van der Waals surface area contributed by atoms with Crippen LogP contribution in [0.2, 0.25) is 0 Å². The van der Waals surface area contributed by atoms with Gasteiger partial charge in [-0.05, 0) is 57.5 Å². The highest BCUT2D eigenvalue weighted by Gasteiger charge is 2.23. The van der Waals surface area contributed by atoms with Crippen molar-refractivity contribution in [2.24, 2.45) is 4.99 Å². The molecular formula is C23H34IN5. The summed E-state index contributed by atoms with van der Waals surface area (Å²) in [5.41, 5.74) is 3.76. The topological polar surface area (TPSA) is 52.6 Å². The van der Waals surface area contributed by atoms with Crippen LogP contribution in [0.1, 0.15) is 42.6 Å². The van der Waals surface area contributed by atoms with Gasteiger partial charge in [0.2, 0.25) is 0 Å². The van der Waals surface area contributed by atoms with Crippen LogP contribution in [0.4, 0.5) is 0 Å². The lowest BCUT2D eigenvalue weighted by Gasteiger charge is -2.27. The summed E-state index contributed by atoms with van der Waals surface area (Å²) in [4.78, 5) is 11.9. The number of halogens is 1. The molecule has 0 radical (unpaired) electrons. The summed E-state index contributed by atoms with van der Waals surface area (Å²) >= 11 is 0. The molecule has 3 rings (SSSR count). The molecule has 6 heteroatoms. The zero-order chi connectivity index (χ0) is 19.6.